The topological polar surface area (TPSA) is 129 Å². The molecule has 30 heavy (non-hydrogen) atoms. The van der Waals surface area contributed by atoms with Crippen molar-refractivity contribution in [1.29, 1.82) is 0 Å². The van der Waals surface area contributed by atoms with Gasteiger partial charge in [-0.2, -0.15) is 0 Å². The first-order valence-corrected chi connectivity index (χ1v) is 9.94. The number of carboxylic acid groups (broad SMARTS) is 1. The molecule has 2 aromatic carbocycles. The Morgan fingerprint density at radius 2 is 2.03 bits per heavy atom. The Morgan fingerprint density at radius 1 is 1.30 bits per heavy atom. The number of nitrogens with zero attached hydrogens (tertiary/aromatic N) is 2. The zero-order chi connectivity index (χ0) is 21.7. The van der Waals surface area contributed by atoms with Crippen molar-refractivity contribution in [2.24, 2.45) is 0 Å². The van der Waals surface area contributed by atoms with E-state index in [0.717, 1.165) is 11.8 Å². The number of nitrogens with one attached hydrogen (secondary N) is 1. The van der Waals surface area contributed by atoms with E-state index in [0.29, 0.717) is 11.4 Å². The van der Waals surface area contributed by atoms with Gasteiger partial charge < -0.3 is 24.8 Å². The summed E-state index contributed by atoms with van der Waals surface area (Å²) in [5.74, 6) is -1.22. The summed E-state index contributed by atoms with van der Waals surface area (Å²) >= 11 is 7.12. The molecule has 0 aliphatic rings. The standard InChI is InChI=1S/C19H16ClN3O6S/c1-28-13-5-3-12(4-6-13)23-17(19(27)29-22-23)30-9-8-16(24)21-15-10-11(18(25)26)2-7-14(15)20/h2-7,10H,8-9H2,1H3,(H2-,21,22,24,25,26,27). The third kappa shape index (κ3) is 5.02. The van der Waals surface area contributed by atoms with Gasteiger partial charge in [-0.1, -0.05) is 23.4 Å². The Kier molecular flexibility index (Phi) is 6.80. The fourth-order valence-electron chi connectivity index (χ4n) is 2.46. The van der Waals surface area contributed by atoms with Gasteiger partial charge in [-0.05, 0) is 35.0 Å². The quantitative estimate of drug-likeness (QED) is 0.396. The third-order valence-corrected chi connectivity index (χ3v) is 5.30. The Bertz CT molecular complexity index is 1070. The molecule has 0 unspecified atom stereocenters. The number of aromatic carboxylic acids is 1. The number of thioether (sulfide) groups is 1. The predicted molar refractivity (Wildman–Crippen MR) is 106 cm³/mol. The Labute approximate surface area is 180 Å². The highest BCUT2D eigenvalue weighted by atomic mass is 35.5. The second-order valence-electron chi connectivity index (χ2n) is 5.92. The van der Waals surface area contributed by atoms with Crippen LogP contribution in [0.1, 0.15) is 16.8 Å². The average molecular weight is 450 g/mol. The van der Waals surface area contributed by atoms with Crippen LogP contribution in [0.15, 0.2) is 52.0 Å². The van der Waals surface area contributed by atoms with E-state index < -0.39 is 11.9 Å². The molecule has 3 rings (SSSR count). The van der Waals surface area contributed by atoms with E-state index in [-0.39, 0.29) is 39.4 Å². The van der Waals surface area contributed by atoms with Crippen LogP contribution < -0.4 is 19.8 Å². The monoisotopic (exact) mass is 449 g/mol. The van der Waals surface area contributed by atoms with Crippen LogP contribution in [0.2, 0.25) is 5.02 Å². The van der Waals surface area contributed by atoms with Crippen molar-refractivity contribution in [2.45, 2.75) is 11.4 Å². The smallest absolute Gasteiger partial charge is 0.335 e. The van der Waals surface area contributed by atoms with Crippen molar-refractivity contribution in [1.82, 2.24) is 5.27 Å². The number of rotatable bonds is 8. The lowest BCUT2D eigenvalue weighted by molar-refractivity contribution is -0.705. The molecule has 0 radical (unpaired) electrons. The summed E-state index contributed by atoms with van der Waals surface area (Å²) in [4.78, 5) is 23.3. The summed E-state index contributed by atoms with van der Waals surface area (Å²) in [7, 11) is 1.55. The Balaban J connectivity index is 1.63. The van der Waals surface area contributed by atoms with Crippen LogP contribution in [0, 0.1) is 0 Å². The number of aromatic nitrogens is 2. The van der Waals surface area contributed by atoms with Crippen LogP contribution in [0.4, 0.5) is 5.69 Å². The van der Waals surface area contributed by atoms with Gasteiger partial charge in [0.25, 0.3) is 5.03 Å². The number of hydrogen-bond donors (Lipinski definition) is 2. The first kappa shape index (κ1) is 21.5. The lowest BCUT2D eigenvalue weighted by Gasteiger charge is -2.08. The van der Waals surface area contributed by atoms with E-state index in [1.807, 2.05) is 0 Å². The van der Waals surface area contributed by atoms with Gasteiger partial charge in [-0.25, -0.2) is 4.79 Å². The van der Waals surface area contributed by atoms with Gasteiger partial charge in [0, 0.05) is 24.3 Å². The molecule has 156 valence electrons. The predicted octanol–water partition coefficient (Wildman–Crippen LogP) is 2.51. The maximum Gasteiger partial charge on any atom is 0.335 e. The van der Waals surface area contributed by atoms with Crippen molar-refractivity contribution in [3.8, 4) is 17.4 Å². The molecule has 11 heteroatoms. The molecule has 0 saturated carbocycles. The normalized spacial score (nSPS) is 10.6. The van der Waals surface area contributed by atoms with Crippen LogP contribution in [-0.2, 0) is 4.79 Å². The SMILES string of the molecule is COc1ccc(-[n+]2noc([O-])c2SCCC(=O)Nc2cc(C(=O)O)ccc2Cl)cc1. The van der Waals surface area contributed by atoms with Crippen LogP contribution in [0.5, 0.6) is 11.7 Å². The summed E-state index contributed by atoms with van der Waals surface area (Å²) < 4.78 is 11.2. The largest absolute Gasteiger partial charge is 0.538 e. The number of benzene rings is 2. The maximum atomic E-state index is 12.2. The highest BCUT2D eigenvalue weighted by Gasteiger charge is 2.21. The molecular weight excluding hydrogens is 434 g/mol. The van der Waals surface area contributed by atoms with E-state index in [4.69, 9.17) is 26.0 Å². The van der Waals surface area contributed by atoms with Crippen LogP contribution in [0.25, 0.3) is 5.69 Å². The van der Waals surface area contributed by atoms with Gasteiger partial charge in [-0.15, -0.1) is 0 Å². The number of hydrogen-bond acceptors (Lipinski definition) is 7. The number of carbonyl (C=O) groups is 2. The first-order valence-electron chi connectivity index (χ1n) is 8.58. The molecular formula is C19H16ClN3O6S. The second kappa shape index (κ2) is 9.51. The van der Waals surface area contributed by atoms with Crippen molar-refractivity contribution in [3.63, 3.8) is 0 Å². The van der Waals surface area contributed by atoms with Gasteiger partial charge in [0.1, 0.15) is 5.75 Å². The molecule has 0 atom stereocenters. The molecule has 0 fully saturated rings. The molecule has 0 aliphatic heterocycles. The fraction of sp³-hybridized carbons (Fsp3) is 0.158. The third-order valence-electron chi connectivity index (χ3n) is 3.94. The summed E-state index contributed by atoms with van der Waals surface area (Å²) in [6.07, 6.45) is 0.0471. The van der Waals surface area contributed by atoms with Gasteiger partial charge in [0.15, 0.2) is 5.95 Å². The maximum absolute atomic E-state index is 12.2. The summed E-state index contributed by atoms with van der Waals surface area (Å²) in [5.41, 5.74) is 0.810. The fourth-order valence-corrected chi connectivity index (χ4v) is 3.52. The van der Waals surface area contributed by atoms with Crippen LogP contribution in [0.3, 0.4) is 0 Å². The number of halogens is 1. The molecule has 3 aromatic rings. The molecule has 1 aromatic heterocycles. The minimum atomic E-state index is -1.13. The van der Waals surface area contributed by atoms with Crippen molar-refractivity contribution in [2.75, 3.05) is 18.2 Å². The van der Waals surface area contributed by atoms with Crippen LogP contribution in [-0.4, -0.2) is 35.1 Å². The molecule has 0 spiro atoms. The number of carboxylic acids is 1. The lowest BCUT2D eigenvalue weighted by Crippen LogP contribution is -2.34. The van der Waals surface area contributed by atoms with E-state index >= 15 is 0 Å². The van der Waals surface area contributed by atoms with E-state index in [9.17, 15) is 14.7 Å². The highest BCUT2D eigenvalue weighted by molar-refractivity contribution is 7.99. The zero-order valence-corrected chi connectivity index (χ0v) is 17.2. The average Bonchev–Trinajstić information content (AvgIpc) is 3.10. The summed E-state index contributed by atoms with van der Waals surface area (Å²) in [6.45, 7) is 0. The van der Waals surface area contributed by atoms with Gasteiger partial charge >= 0.3 is 5.97 Å². The van der Waals surface area contributed by atoms with E-state index in [1.54, 1.807) is 31.4 Å². The molecule has 2 N–H and O–H groups in total. The number of ether oxygens (including phenoxy) is 1. The van der Waals surface area contributed by atoms with Crippen molar-refractivity contribution < 1.29 is 33.7 Å². The van der Waals surface area contributed by atoms with Crippen molar-refractivity contribution in [3.05, 3.63) is 53.1 Å². The zero-order valence-electron chi connectivity index (χ0n) is 15.6. The Morgan fingerprint density at radius 3 is 2.70 bits per heavy atom. The minimum absolute atomic E-state index is 0.00470. The van der Waals surface area contributed by atoms with E-state index in [2.05, 4.69) is 10.6 Å². The number of anilines is 1. The number of amides is 1. The van der Waals surface area contributed by atoms with Crippen LogP contribution >= 0.6 is 23.4 Å². The molecule has 1 heterocycles. The molecule has 1 amide bonds. The highest BCUT2D eigenvalue weighted by Crippen LogP contribution is 2.26. The number of carbonyl (C=O) groups excluding carboxylic acids is 1. The molecule has 0 saturated heterocycles. The first-order chi connectivity index (χ1) is 14.4. The van der Waals surface area contributed by atoms with Crippen molar-refractivity contribution >= 4 is 40.9 Å². The molecule has 9 nitrogen and oxygen atoms in total. The van der Waals surface area contributed by atoms with Gasteiger partial charge in [-0.3, -0.25) is 4.79 Å². The molecule has 0 bridgehead atoms. The minimum Gasteiger partial charge on any atom is -0.538 e. The second-order valence-corrected chi connectivity index (χ2v) is 7.41. The summed E-state index contributed by atoms with van der Waals surface area (Å²) in [5, 5.41) is 27.8. The number of methoxy groups -OCH3 is 1. The van der Waals surface area contributed by atoms with Gasteiger partial charge in [0.2, 0.25) is 11.6 Å². The van der Waals surface area contributed by atoms with Gasteiger partial charge in [0.05, 0.1) is 28.7 Å². The van der Waals surface area contributed by atoms with E-state index in [1.165, 1.54) is 22.9 Å². The Hall–Kier alpha value is -3.24. The lowest BCUT2D eigenvalue weighted by atomic mass is 10.2. The molecule has 0 aliphatic carbocycles. The summed E-state index contributed by atoms with van der Waals surface area (Å²) in [6, 6.07) is 10.9.